The molecule has 0 radical (unpaired) electrons. The van der Waals surface area contributed by atoms with E-state index in [1.807, 2.05) is 25.7 Å². The van der Waals surface area contributed by atoms with Gasteiger partial charge in [0, 0.05) is 19.0 Å². The highest BCUT2D eigenvalue weighted by atomic mass is 16.5. The third-order valence-corrected chi connectivity index (χ3v) is 4.23. The maximum absolute atomic E-state index is 12.9. The quantitative estimate of drug-likeness (QED) is 0.865. The van der Waals surface area contributed by atoms with Gasteiger partial charge in [-0.25, -0.2) is 0 Å². The summed E-state index contributed by atoms with van der Waals surface area (Å²) in [7, 11) is 0. The largest absolute Gasteiger partial charge is 0.360 e. The molecule has 7 nitrogen and oxygen atoms in total. The lowest BCUT2D eigenvalue weighted by molar-refractivity contribution is 0.0692. The number of hydrogen-bond donors (Lipinski definition) is 0. The molecular weight excluding hydrogens is 296 g/mol. The summed E-state index contributed by atoms with van der Waals surface area (Å²) in [5, 5.41) is 7.82. The first-order valence-electron chi connectivity index (χ1n) is 8.03. The fraction of sp³-hybridized carbons (Fsp3) is 0.625. The Morgan fingerprint density at radius 1 is 1.26 bits per heavy atom. The maximum Gasteiger partial charge on any atom is 0.259 e. The molecule has 0 spiro atoms. The van der Waals surface area contributed by atoms with E-state index >= 15 is 0 Å². The highest BCUT2D eigenvalue weighted by Crippen LogP contribution is 2.29. The molecule has 3 heterocycles. The van der Waals surface area contributed by atoms with Gasteiger partial charge in [0.1, 0.15) is 5.56 Å². The molecule has 0 saturated carbocycles. The molecule has 124 valence electrons. The molecule has 1 fully saturated rings. The number of hydrogen-bond acceptors (Lipinski definition) is 6. The van der Waals surface area contributed by atoms with E-state index in [1.54, 1.807) is 6.92 Å². The molecular formula is C16H22N4O3. The number of carbonyl (C=O) groups excluding carboxylic acids is 1. The fourth-order valence-corrected chi connectivity index (χ4v) is 3.04. The van der Waals surface area contributed by atoms with Crippen molar-refractivity contribution in [2.45, 2.75) is 52.4 Å². The summed E-state index contributed by atoms with van der Waals surface area (Å²) in [5.74, 6) is 2.09. The van der Waals surface area contributed by atoms with E-state index < -0.39 is 0 Å². The van der Waals surface area contributed by atoms with Crippen molar-refractivity contribution in [1.82, 2.24) is 20.2 Å². The summed E-state index contributed by atoms with van der Waals surface area (Å²) in [6.45, 7) is 8.92. The summed E-state index contributed by atoms with van der Waals surface area (Å²) in [6.07, 6.45) is 1.87. The van der Waals surface area contributed by atoms with Gasteiger partial charge < -0.3 is 13.9 Å². The average molecular weight is 318 g/mol. The zero-order valence-electron chi connectivity index (χ0n) is 14.0. The fourth-order valence-electron chi connectivity index (χ4n) is 3.04. The first-order valence-corrected chi connectivity index (χ1v) is 8.03. The predicted molar refractivity (Wildman–Crippen MR) is 82.2 cm³/mol. The van der Waals surface area contributed by atoms with Crippen LogP contribution in [-0.4, -0.2) is 39.2 Å². The molecule has 3 rings (SSSR count). The number of amides is 1. The number of likely N-dealkylation sites (tertiary alicyclic amines) is 1. The smallest absolute Gasteiger partial charge is 0.259 e. The van der Waals surface area contributed by atoms with Crippen LogP contribution in [0.4, 0.5) is 0 Å². The Morgan fingerprint density at radius 3 is 2.70 bits per heavy atom. The van der Waals surface area contributed by atoms with Crippen LogP contribution in [0.1, 0.15) is 72.1 Å². The minimum Gasteiger partial charge on any atom is -0.360 e. The van der Waals surface area contributed by atoms with E-state index in [4.69, 9.17) is 9.05 Å². The van der Waals surface area contributed by atoms with Gasteiger partial charge in [0.05, 0.1) is 11.6 Å². The zero-order chi connectivity index (χ0) is 16.6. The number of nitrogens with zero attached hydrogens (tertiary/aromatic N) is 4. The van der Waals surface area contributed by atoms with Crippen LogP contribution in [0.15, 0.2) is 9.05 Å². The maximum atomic E-state index is 12.9. The van der Waals surface area contributed by atoms with E-state index in [9.17, 15) is 4.79 Å². The predicted octanol–water partition coefficient (Wildman–Crippen LogP) is 2.82. The average Bonchev–Trinajstić information content (AvgIpc) is 3.13. The minimum absolute atomic E-state index is 0.0200. The van der Waals surface area contributed by atoms with Gasteiger partial charge in [0.25, 0.3) is 5.91 Å². The van der Waals surface area contributed by atoms with Gasteiger partial charge >= 0.3 is 0 Å². The third-order valence-electron chi connectivity index (χ3n) is 4.23. The van der Waals surface area contributed by atoms with Crippen LogP contribution in [0.5, 0.6) is 0 Å². The first-order chi connectivity index (χ1) is 11.0. The van der Waals surface area contributed by atoms with Gasteiger partial charge in [0.2, 0.25) is 5.89 Å². The molecule has 2 aromatic heterocycles. The van der Waals surface area contributed by atoms with Gasteiger partial charge in [-0.1, -0.05) is 24.2 Å². The van der Waals surface area contributed by atoms with Crippen LogP contribution in [0, 0.1) is 13.8 Å². The summed E-state index contributed by atoms with van der Waals surface area (Å²) in [4.78, 5) is 19.1. The Labute approximate surface area is 135 Å². The Balaban J connectivity index is 1.81. The number of rotatable bonds is 3. The number of piperidine rings is 1. The minimum atomic E-state index is -0.0200. The SMILES string of the molecule is Cc1noc(C2CCCN(C(=O)c3c(C)noc3C(C)C)C2)n1. The van der Waals surface area contributed by atoms with Crippen LogP contribution in [0.25, 0.3) is 0 Å². The Hall–Kier alpha value is -2.18. The number of carbonyl (C=O) groups is 1. The lowest BCUT2D eigenvalue weighted by atomic mass is 9.96. The van der Waals surface area contributed by atoms with E-state index in [-0.39, 0.29) is 17.7 Å². The molecule has 23 heavy (non-hydrogen) atoms. The second kappa shape index (κ2) is 6.14. The molecule has 1 amide bonds. The lowest BCUT2D eigenvalue weighted by Crippen LogP contribution is -2.39. The molecule has 0 aromatic carbocycles. The van der Waals surface area contributed by atoms with Crippen LogP contribution >= 0.6 is 0 Å². The summed E-state index contributed by atoms with van der Waals surface area (Å²) in [5.41, 5.74) is 1.25. The van der Waals surface area contributed by atoms with Crippen LogP contribution in [0.3, 0.4) is 0 Å². The molecule has 7 heteroatoms. The molecule has 0 bridgehead atoms. The van der Waals surface area contributed by atoms with Gasteiger partial charge in [0.15, 0.2) is 11.6 Å². The van der Waals surface area contributed by atoms with Gasteiger partial charge in [-0.15, -0.1) is 0 Å². The second-order valence-electron chi connectivity index (χ2n) is 6.43. The van der Waals surface area contributed by atoms with Gasteiger partial charge in [-0.05, 0) is 26.7 Å². The van der Waals surface area contributed by atoms with E-state index in [2.05, 4.69) is 15.3 Å². The summed E-state index contributed by atoms with van der Waals surface area (Å²) >= 11 is 0. The zero-order valence-corrected chi connectivity index (χ0v) is 14.0. The molecule has 1 unspecified atom stereocenters. The number of aromatic nitrogens is 3. The molecule has 0 N–H and O–H groups in total. The van der Waals surface area contributed by atoms with Crippen molar-refractivity contribution in [1.29, 1.82) is 0 Å². The van der Waals surface area contributed by atoms with Gasteiger partial charge in [-0.2, -0.15) is 4.98 Å². The highest BCUT2D eigenvalue weighted by molar-refractivity contribution is 5.96. The first kappa shape index (κ1) is 15.7. The van der Waals surface area contributed by atoms with Crippen molar-refractivity contribution in [3.63, 3.8) is 0 Å². The summed E-state index contributed by atoms with van der Waals surface area (Å²) in [6, 6.07) is 0. The molecule has 1 aliphatic rings. The Morgan fingerprint density at radius 2 is 2.04 bits per heavy atom. The van der Waals surface area contributed by atoms with E-state index in [0.29, 0.717) is 35.3 Å². The van der Waals surface area contributed by atoms with Crippen molar-refractivity contribution in [3.05, 3.63) is 28.7 Å². The molecule has 1 aliphatic heterocycles. The highest BCUT2D eigenvalue weighted by Gasteiger charge is 2.32. The van der Waals surface area contributed by atoms with Crippen molar-refractivity contribution >= 4 is 5.91 Å². The van der Waals surface area contributed by atoms with Crippen molar-refractivity contribution in [2.75, 3.05) is 13.1 Å². The van der Waals surface area contributed by atoms with Crippen molar-refractivity contribution < 1.29 is 13.8 Å². The number of aryl methyl sites for hydroxylation is 2. The monoisotopic (exact) mass is 318 g/mol. The molecule has 0 aliphatic carbocycles. The molecule has 1 saturated heterocycles. The van der Waals surface area contributed by atoms with Crippen LogP contribution in [0.2, 0.25) is 0 Å². The van der Waals surface area contributed by atoms with E-state index in [1.165, 1.54) is 0 Å². The second-order valence-corrected chi connectivity index (χ2v) is 6.43. The van der Waals surface area contributed by atoms with Gasteiger partial charge in [-0.3, -0.25) is 4.79 Å². The Kier molecular flexibility index (Phi) is 4.19. The normalized spacial score (nSPS) is 18.7. The standard InChI is InChI=1S/C16H22N4O3/c1-9(2)14-13(10(3)18-22-14)16(21)20-7-5-6-12(8-20)15-17-11(4)19-23-15/h9,12H,5-8H2,1-4H3. The topological polar surface area (TPSA) is 85.3 Å². The lowest BCUT2D eigenvalue weighted by Gasteiger charge is -2.31. The summed E-state index contributed by atoms with van der Waals surface area (Å²) < 4.78 is 10.6. The van der Waals surface area contributed by atoms with Crippen molar-refractivity contribution in [3.8, 4) is 0 Å². The molecule has 1 atom stereocenters. The third kappa shape index (κ3) is 3.00. The van der Waals surface area contributed by atoms with E-state index in [0.717, 1.165) is 19.4 Å². The molecule has 2 aromatic rings. The Bertz CT molecular complexity index is 704. The van der Waals surface area contributed by atoms with Crippen molar-refractivity contribution in [2.24, 2.45) is 0 Å². The van der Waals surface area contributed by atoms with Crippen LogP contribution < -0.4 is 0 Å². The van der Waals surface area contributed by atoms with Crippen LogP contribution in [-0.2, 0) is 0 Å².